The lowest BCUT2D eigenvalue weighted by molar-refractivity contribution is 0.768. The maximum Gasteiger partial charge on any atom is 0.0714 e. The molecule has 0 amide bonds. The smallest absolute Gasteiger partial charge is 0.0714 e. The molecule has 276 valence electrons. The van der Waals surface area contributed by atoms with Crippen LogP contribution in [-0.2, 0) is 5.41 Å². The van der Waals surface area contributed by atoms with Gasteiger partial charge in [-0.25, -0.2) is 0 Å². The number of hydrogen-bond donors (Lipinski definition) is 0. The highest BCUT2D eigenvalue weighted by atomic mass is 15.1. The number of anilines is 3. The molecular weight excluding hydrogens is 699 g/mol. The van der Waals surface area contributed by atoms with Gasteiger partial charge in [-0.05, 0) is 123 Å². The van der Waals surface area contributed by atoms with Crippen molar-refractivity contribution in [3.63, 3.8) is 0 Å². The summed E-state index contributed by atoms with van der Waals surface area (Å²) in [5, 5.41) is 0. The van der Waals surface area contributed by atoms with Gasteiger partial charge < -0.3 is 4.90 Å². The van der Waals surface area contributed by atoms with Gasteiger partial charge in [-0.1, -0.05) is 193 Å². The summed E-state index contributed by atoms with van der Waals surface area (Å²) in [6.45, 7) is 4.35. The van der Waals surface area contributed by atoms with Gasteiger partial charge in [-0.15, -0.1) is 0 Å². The van der Waals surface area contributed by atoms with Gasteiger partial charge in [0.2, 0.25) is 0 Å². The topological polar surface area (TPSA) is 3.24 Å². The Morgan fingerprint density at radius 3 is 1.09 bits per heavy atom. The summed E-state index contributed by atoms with van der Waals surface area (Å²) in [6, 6.07) is 82.7. The molecule has 1 aliphatic carbocycles. The van der Waals surface area contributed by atoms with Crippen LogP contribution in [0.15, 0.2) is 224 Å². The van der Waals surface area contributed by atoms with Gasteiger partial charge in [0.25, 0.3) is 0 Å². The zero-order valence-corrected chi connectivity index (χ0v) is 32.8. The molecule has 1 aliphatic rings. The summed E-state index contributed by atoms with van der Waals surface area (Å²) >= 11 is 0. The van der Waals surface area contributed by atoms with E-state index in [-0.39, 0.29) is 0 Å². The third kappa shape index (κ3) is 6.13. The highest BCUT2D eigenvalue weighted by Gasteiger charge is 2.46. The molecule has 0 fully saturated rings. The first-order chi connectivity index (χ1) is 28.6. The molecule has 10 rings (SSSR count). The molecule has 0 spiro atoms. The van der Waals surface area contributed by atoms with Crippen molar-refractivity contribution >= 4 is 17.1 Å². The first-order valence-electron chi connectivity index (χ1n) is 20.2. The molecular formula is C57H43N. The Hall–Kier alpha value is -7.22. The number of nitrogens with zero attached hydrogens (tertiary/aromatic N) is 1. The summed E-state index contributed by atoms with van der Waals surface area (Å²) in [4.78, 5) is 2.41. The fourth-order valence-electron chi connectivity index (χ4n) is 8.97. The molecule has 0 bridgehead atoms. The van der Waals surface area contributed by atoms with E-state index in [0.29, 0.717) is 0 Å². The van der Waals surface area contributed by atoms with Crippen molar-refractivity contribution in [2.45, 2.75) is 19.3 Å². The Bertz CT molecular complexity index is 2710. The highest BCUT2D eigenvalue weighted by Crippen LogP contribution is 2.58. The van der Waals surface area contributed by atoms with E-state index < -0.39 is 5.41 Å². The lowest BCUT2D eigenvalue weighted by Crippen LogP contribution is -2.29. The fourth-order valence-corrected chi connectivity index (χ4v) is 8.97. The van der Waals surface area contributed by atoms with Crippen molar-refractivity contribution in [3.8, 4) is 44.5 Å². The molecule has 1 heteroatoms. The molecule has 1 nitrogen and oxygen atoms in total. The number of aryl methyl sites for hydroxylation is 2. The van der Waals surface area contributed by atoms with E-state index in [1.807, 2.05) is 0 Å². The molecule has 58 heavy (non-hydrogen) atoms. The molecule has 0 unspecified atom stereocenters. The van der Waals surface area contributed by atoms with E-state index in [1.165, 1.54) is 77.9 Å². The summed E-state index contributed by atoms with van der Waals surface area (Å²) in [5.74, 6) is 0. The molecule has 0 aliphatic heterocycles. The second-order valence-corrected chi connectivity index (χ2v) is 15.5. The van der Waals surface area contributed by atoms with Crippen LogP contribution in [0.3, 0.4) is 0 Å². The first-order valence-corrected chi connectivity index (χ1v) is 20.2. The lowest BCUT2D eigenvalue weighted by atomic mass is 9.67. The second-order valence-electron chi connectivity index (χ2n) is 15.5. The zero-order valence-electron chi connectivity index (χ0n) is 32.8. The number of rotatable bonds is 8. The normalized spacial score (nSPS) is 12.4. The van der Waals surface area contributed by atoms with Crippen LogP contribution in [-0.4, -0.2) is 0 Å². The van der Waals surface area contributed by atoms with Gasteiger partial charge in [0.05, 0.1) is 5.41 Å². The molecule has 0 atom stereocenters. The quantitative estimate of drug-likeness (QED) is 0.150. The summed E-state index contributed by atoms with van der Waals surface area (Å²) < 4.78 is 0. The van der Waals surface area contributed by atoms with Crippen LogP contribution in [0.4, 0.5) is 17.1 Å². The molecule has 0 saturated heterocycles. The fraction of sp³-hybridized carbons (Fsp3) is 0.0526. The largest absolute Gasteiger partial charge is 0.310 e. The minimum absolute atomic E-state index is 0.563. The molecule has 0 saturated carbocycles. The molecule has 0 radical (unpaired) electrons. The van der Waals surface area contributed by atoms with Crippen LogP contribution in [0.2, 0.25) is 0 Å². The summed E-state index contributed by atoms with van der Waals surface area (Å²) in [5.41, 5.74) is 20.1. The Kier molecular flexibility index (Phi) is 8.92. The van der Waals surface area contributed by atoms with Gasteiger partial charge in [0.15, 0.2) is 0 Å². The monoisotopic (exact) mass is 741 g/mol. The predicted molar refractivity (Wildman–Crippen MR) is 244 cm³/mol. The average molecular weight is 742 g/mol. The van der Waals surface area contributed by atoms with Gasteiger partial charge in [-0.2, -0.15) is 0 Å². The summed E-state index contributed by atoms with van der Waals surface area (Å²) in [7, 11) is 0. The van der Waals surface area contributed by atoms with Crippen LogP contribution in [0, 0.1) is 13.8 Å². The Morgan fingerprint density at radius 2 is 0.638 bits per heavy atom. The molecule has 0 heterocycles. The van der Waals surface area contributed by atoms with Crippen LogP contribution in [0.5, 0.6) is 0 Å². The molecule has 9 aromatic rings. The van der Waals surface area contributed by atoms with Crippen molar-refractivity contribution in [1.82, 2.24) is 0 Å². The third-order valence-electron chi connectivity index (χ3n) is 11.9. The van der Waals surface area contributed by atoms with E-state index in [9.17, 15) is 0 Å². The number of hydrogen-bond acceptors (Lipinski definition) is 1. The maximum atomic E-state index is 2.47. The van der Waals surface area contributed by atoms with Gasteiger partial charge in [-0.3, -0.25) is 0 Å². The van der Waals surface area contributed by atoms with E-state index >= 15 is 0 Å². The molecule has 0 aromatic heterocycles. The van der Waals surface area contributed by atoms with Crippen molar-refractivity contribution in [1.29, 1.82) is 0 Å². The van der Waals surface area contributed by atoms with Gasteiger partial charge >= 0.3 is 0 Å². The second kappa shape index (κ2) is 14.7. The number of fused-ring (bicyclic) bond motifs is 3. The Balaban J connectivity index is 1.21. The van der Waals surface area contributed by atoms with Crippen LogP contribution < -0.4 is 4.90 Å². The van der Waals surface area contributed by atoms with E-state index in [4.69, 9.17) is 0 Å². The van der Waals surface area contributed by atoms with Crippen molar-refractivity contribution in [3.05, 3.63) is 258 Å². The Morgan fingerprint density at radius 1 is 0.293 bits per heavy atom. The molecule has 9 aromatic carbocycles. The standard InChI is InChI=1S/C57H43N/c1-40-18-27-48(28-19-40)57(49-29-20-41(2)21-30-49)55-38-47(44-16-10-5-11-17-44)26-36-53(55)54-37-35-52(39-56(54)57)58(50-31-22-45(23-32-50)42-12-6-3-7-13-42)51-33-24-46(25-34-51)43-14-8-4-9-15-43/h3-39H,1-2H3. The maximum absolute atomic E-state index is 2.47. The number of benzene rings is 9. The van der Waals surface area contributed by atoms with E-state index in [1.54, 1.807) is 0 Å². The zero-order chi connectivity index (χ0) is 39.1. The van der Waals surface area contributed by atoms with E-state index in [2.05, 4.69) is 243 Å². The minimum atomic E-state index is -0.563. The van der Waals surface area contributed by atoms with Crippen LogP contribution in [0.25, 0.3) is 44.5 Å². The van der Waals surface area contributed by atoms with Gasteiger partial charge in [0, 0.05) is 17.1 Å². The lowest BCUT2D eigenvalue weighted by Gasteiger charge is -2.35. The average Bonchev–Trinajstić information content (AvgIpc) is 3.58. The van der Waals surface area contributed by atoms with Crippen molar-refractivity contribution in [2.75, 3.05) is 4.90 Å². The van der Waals surface area contributed by atoms with Gasteiger partial charge in [0.1, 0.15) is 0 Å². The molecule has 0 N–H and O–H groups in total. The predicted octanol–water partition coefficient (Wildman–Crippen LogP) is 15.1. The van der Waals surface area contributed by atoms with Crippen LogP contribution >= 0.6 is 0 Å². The highest BCUT2D eigenvalue weighted by molar-refractivity contribution is 5.91. The van der Waals surface area contributed by atoms with E-state index in [0.717, 1.165) is 17.1 Å². The van der Waals surface area contributed by atoms with Crippen molar-refractivity contribution < 1.29 is 0 Å². The van der Waals surface area contributed by atoms with Crippen LogP contribution in [0.1, 0.15) is 33.4 Å². The SMILES string of the molecule is Cc1ccc(C2(c3ccc(C)cc3)c3cc(-c4ccccc4)ccc3-c3ccc(N(c4ccc(-c5ccccc5)cc4)c4ccc(-c5ccccc5)cc4)cc32)cc1. The first kappa shape index (κ1) is 35.2. The minimum Gasteiger partial charge on any atom is -0.310 e. The third-order valence-corrected chi connectivity index (χ3v) is 11.9. The van der Waals surface area contributed by atoms with Crippen molar-refractivity contribution in [2.24, 2.45) is 0 Å². The Labute approximate surface area is 342 Å². The summed E-state index contributed by atoms with van der Waals surface area (Å²) in [6.07, 6.45) is 0.